The lowest BCUT2D eigenvalue weighted by Gasteiger charge is -2.46. The Kier molecular flexibility index (Phi) is 6.56. The maximum Gasteiger partial charge on any atom is 0.418 e. The van der Waals surface area contributed by atoms with Gasteiger partial charge in [-0.2, -0.15) is 13.2 Å². The zero-order valence-corrected chi connectivity index (χ0v) is 17.9. The number of fused-ring (bicyclic) bond motifs is 1. The van der Waals surface area contributed by atoms with E-state index < -0.39 is 59.7 Å². The first-order valence-electron chi connectivity index (χ1n) is 10.7. The van der Waals surface area contributed by atoms with E-state index in [4.69, 9.17) is 0 Å². The van der Waals surface area contributed by atoms with Crippen molar-refractivity contribution in [3.05, 3.63) is 65.5 Å². The van der Waals surface area contributed by atoms with Gasteiger partial charge >= 0.3 is 12.2 Å². The molecule has 4 amide bonds. The lowest BCUT2D eigenvalue weighted by Crippen LogP contribution is -2.68. The number of carbonyl (C=O) groups is 3. The molecule has 180 valence electrons. The van der Waals surface area contributed by atoms with E-state index in [1.165, 1.54) is 41.3 Å². The lowest BCUT2D eigenvalue weighted by atomic mass is 9.91. The molecule has 2 heterocycles. The summed E-state index contributed by atoms with van der Waals surface area (Å²) in [4.78, 5) is 41.2. The predicted octanol–water partition coefficient (Wildman–Crippen LogP) is 3.57. The zero-order chi connectivity index (χ0) is 24.5. The highest BCUT2D eigenvalue weighted by Crippen LogP contribution is 2.35. The third-order valence-electron chi connectivity index (χ3n) is 5.90. The lowest BCUT2D eigenvalue weighted by molar-refractivity contribution is -0.143. The molecule has 2 saturated heterocycles. The number of alkyl halides is 3. The molecule has 2 unspecified atom stereocenters. The van der Waals surface area contributed by atoms with Crippen molar-refractivity contribution < 1.29 is 31.9 Å². The summed E-state index contributed by atoms with van der Waals surface area (Å²) in [6, 6.07) is 9.13. The number of nitrogens with zero attached hydrogens (tertiary/aromatic N) is 2. The first-order chi connectivity index (χ1) is 16.1. The van der Waals surface area contributed by atoms with Crippen LogP contribution in [0.15, 0.2) is 48.5 Å². The van der Waals surface area contributed by atoms with Crippen LogP contribution in [0.5, 0.6) is 0 Å². The van der Waals surface area contributed by atoms with E-state index in [1.807, 2.05) is 0 Å². The number of piperidine rings is 1. The van der Waals surface area contributed by atoms with E-state index in [-0.39, 0.29) is 6.54 Å². The number of amides is 4. The summed E-state index contributed by atoms with van der Waals surface area (Å²) in [5, 5.41) is 5.31. The highest BCUT2D eigenvalue weighted by atomic mass is 19.4. The first-order valence-corrected chi connectivity index (χ1v) is 10.7. The van der Waals surface area contributed by atoms with E-state index >= 15 is 0 Å². The normalized spacial score (nSPS) is 20.8. The van der Waals surface area contributed by atoms with E-state index in [9.17, 15) is 31.9 Å². The standard InChI is InChI=1S/C23H22F4N4O3/c24-15-9-7-14(8-10-15)12-31-21(33)16-4-3-11-28-20(16)30(22(31)34)13-19(32)29-18-6-2-1-5-17(18)23(25,26)27/h1-2,5-10,16,20,28H,3-4,11-13H2,(H,29,32). The van der Waals surface area contributed by atoms with E-state index in [2.05, 4.69) is 10.6 Å². The smallest absolute Gasteiger partial charge is 0.324 e. The Balaban J connectivity index is 1.55. The number of para-hydroxylation sites is 1. The topological polar surface area (TPSA) is 81.8 Å². The molecule has 0 radical (unpaired) electrons. The van der Waals surface area contributed by atoms with Crippen LogP contribution in [0.4, 0.5) is 28.0 Å². The molecule has 2 aromatic rings. The van der Waals surface area contributed by atoms with Gasteiger partial charge < -0.3 is 5.32 Å². The molecule has 2 aromatic carbocycles. The summed E-state index contributed by atoms with van der Waals surface area (Å²) in [6.07, 6.45) is -4.25. The number of imide groups is 1. The van der Waals surface area contributed by atoms with Crippen molar-refractivity contribution in [1.82, 2.24) is 15.1 Å². The van der Waals surface area contributed by atoms with Crippen LogP contribution in [0.3, 0.4) is 0 Å². The zero-order valence-electron chi connectivity index (χ0n) is 17.9. The van der Waals surface area contributed by atoms with Crippen molar-refractivity contribution in [3.63, 3.8) is 0 Å². The molecule has 0 saturated carbocycles. The summed E-state index contributed by atoms with van der Waals surface area (Å²) >= 11 is 0. The molecule has 7 nitrogen and oxygen atoms in total. The Morgan fingerprint density at radius 1 is 1.09 bits per heavy atom. The summed E-state index contributed by atoms with van der Waals surface area (Å²) in [7, 11) is 0. The van der Waals surface area contributed by atoms with Crippen molar-refractivity contribution >= 4 is 23.5 Å². The average molecular weight is 478 g/mol. The maximum atomic E-state index is 13.3. The Morgan fingerprint density at radius 2 is 1.79 bits per heavy atom. The second kappa shape index (κ2) is 9.41. The molecule has 2 N–H and O–H groups in total. The molecule has 2 aliphatic heterocycles. The van der Waals surface area contributed by atoms with E-state index in [0.717, 1.165) is 17.0 Å². The predicted molar refractivity (Wildman–Crippen MR) is 114 cm³/mol. The summed E-state index contributed by atoms with van der Waals surface area (Å²) in [5.74, 6) is -2.31. The first kappa shape index (κ1) is 23.7. The minimum absolute atomic E-state index is 0.115. The molecule has 0 aliphatic carbocycles. The van der Waals surface area contributed by atoms with Crippen LogP contribution in [0.25, 0.3) is 0 Å². The molecule has 34 heavy (non-hydrogen) atoms. The molecule has 2 aliphatic rings. The van der Waals surface area contributed by atoms with Crippen LogP contribution in [0, 0.1) is 11.7 Å². The number of anilines is 1. The van der Waals surface area contributed by atoms with Gasteiger partial charge in [-0.05, 0) is 49.2 Å². The van der Waals surface area contributed by atoms with Gasteiger partial charge in [-0.1, -0.05) is 24.3 Å². The van der Waals surface area contributed by atoms with Gasteiger partial charge in [0.2, 0.25) is 11.8 Å². The van der Waals surface area contributed by atoms with Gasteiger partial charge in [0, 0.05) is 0 Å². The number of hydrogen-bond acceptors (Lipinski definition) is 4. The SMILES string of the molecule is O=C(CN1C(=O)N(Cc2ccc(F)cc2)C(=O)C2CCCNC21)Nc1ccccc1C(F)(F)F. The second-order valence-electron chi connectivity index (χ2n) is 8.20. The summed E-state index contributed by atoms with van der Waals surface area (Å²) < 4.78 is 53.1. The number of rotatable bonds is 5. The molecule has 0 aromatic heterocycles. The highest BCUT2D eigenvalue weighted by Gasteiger charge is 2.47. The van der Waals surface area contributed by atoms with Crippen molar-refractivity contribution in [1.29, 1.82) is 0 Å². The number of hydrogen-bond donors (Lipinski definition) is 2. The minimum Gasteiger partial charge on any atom is -0.324 e. The summed E-state index contributed by atoms with van der Waals surface area (Å²) in [5.41, 5.74) is -0.902. The fraction of sp³-hybridized carbons (Fsp3) is 0.348. The number of benzene rings is 2. The van der Waals surface area contributed by atoms with Crippen molar-refractivity contribution in [3.8, 4) is 0 Å². The Bertz CT molecular complexity index is 1090. The number of halogens is 4. The van der Waals surface area contributed by atoms with Gasteiger partial charge in [0.15, 0.2) is 0 Å². The van der Waals surface area contributed by atoms with Gasteiger partial charge in [0.1, 0.15) is 12.4 Å². The number of nitrogens with one attached hydrogen (secondary N) is 2. The van der Waals surface area contributed by atoms with Crippen molar-refractivity contribution in [2.45, 2.75) is 31.7 Å². The van der Waals surface area contributed by atoms with Crippen LogP contribution in [0.1, 0.15) is 24.0 Å². The van der Waals surface area contributed by atoms with Crippen LogP contribution < -0.4 is 10.6 Å². The van der Waals surface area contributed by atoms with Crippen LogP contribution in [-0.4, -0.2) is 46.9 Å². The highest BCUT2D eigenvalue weighted by molar-refractivity contribution is 6.01. The van der Waals surface area contributed by atoms with Gasteiger partial charge in [0.25, 0.3) is 0 Å². The monoisotopic (exact) mass is 478 g/mol. The van der Waals surface area contributed by atoms with E-state index in [0.29, 0.717) is 24.9 Å². The molecule has 2 atom stereocenters. The van der Waals surface area contributed by atoms with Gasteiger partial charge in [-0.25, -0.2) is 9.18 Å². The average Bonchev–Trinajstić information content (AvgIpc) is 2.80. The van der Waals surface area contributed by atoms with Crippen molar-refractivity contribution in [2.24, 2.45) is 5.92 Å². The quantitative estimate of drug-likeness (QED) is 0.644. The Morgan fingerprint density at radius 3 is 2.50 bits per heavy atom. The molecular formula is C23H22F4N4O3. The van der Waals surface area contributed by atoms with Crippen LogP contribution in [-0.2, 0) is 22.3 Å². The molecule has 11 heteroatoms. The fourth-order valence-electron chi connectivity index (χ4n) is 4.29. The largest absolute Gasteiger partial charge is 0.418 e. The third-order valence-corrected chi connectivity index (χ3v) is 5.90. The molecule has 2 fully saturated rings. The summed E-state index contributed by atoms with van der Waals surface area (Å²) in [6.45, 7) is -0.142. The van der Waals surface area contributed by atoms with E-state index in [1.54, 1.807) is 0 Å². The van der Waals surface area contributed by atoms with Gasteiger partial charge in [-0.3, -0.25) is 24.7 Å². The molecule has 0 bridgehead atoms. The van der Waals surface area contributed by atoms with Gasteiger partial charge in [-0.15, -0.1) is 0 Å². The third kappa shape index (κ3) is 4.89. The van der Waals surface area contributed by atoms with Crippen molar-refractivity contribution in [2.75, 3.05) is 18.4 Å². The Labute approximate surface area is 192 Å². The fourth-order valence-corrected chi connectivity index (χ4v) is 4.29. The number of urea groups is 1. The molecule has 0 spiro atoms. The minimum atomic E-state index is -4.67. The van der Waals surface area contributed by atoms with Gasteiger partial charge in [0.05, 0.1) is 29.9 Å². The second-order valence-corrected chi connectivity index (χ2v) is 8.20. The number of carbonyl (C=O) groups excluding carboxylic acids is 3. The molecular weight excluding hydrogens is 456 g/mol. The Hall–Kier alpha value is -3.47. The van der Waals surface area contributed by atoms with Crippen LogP contribution in [0.2, 0.25) is 0 Å². The van der Waals surface area contributed by atoms with Crippen LogP contribution >= 0.6 is 0 Å². The maximum absolute atomic E-state index is 13.3. The molecule has 4 rings (SSSR count).